The van der Waals surface area contributed by atoms with Crippen molar-refractivity contribution in [1.29, 1.82) is 0 Å². The second-order valence-electron chi connectivity index (χ2n) is 3.06. The predicted octanol–water partition coefficient (Wildman–Crippen LogP) is 1.37. The Morgan fingerprint density at radius 2 is 2.17 bits per heavy atom. The molecule has 1 rings (SSSR count). The third-order valence-electron chi connectivity index (χ3n) is 1.80. The van der Waals surface area contributed by atoms with Gasteiger partial charge >= 0.3 is 11.9 Å². The largest absolute Gasteiger partial charge is 0.416 e. The fourth-order valence-corrected chi connectivity index (χ4v) is 1.16. The Hall–Kier alpha value is -1.68. The molecular weight excluding hydrogens is 281 g/mol. The van der Waals surface area contributed by atoms with E-state index in [1.807, 2.05) is 5.32 Å². The number of alkyl halides is 3. The molecule has 0 amide bonds. The van der Waals surface area contributed by atoms with Crippen molar-refractivity contribution < 1.29 is 23.2 Å². The quantitative estimate of drug-likeness (QED) is 0.492. The highest BCUT2D eigenvalue weighted by Gasteiger charge is 2.38. The molecule has 0 spiro atoms. The van der Waals surface area contributed by atoms with Crippen LogP contribution in [0.2, 0.25) is 5.15 Å². The van der Waals surface area contributed by atoms with Crippen molar-refractivity contribution in [1.82, 2.24) is 9.97 Å². The lowest BCUT2D eigenvalue weighted by molar-refractivity contribution is -0.384. The van der Waals surface area contributed by atoms with Gasteiger partial charge in [-0.3, -0.25) is 10.1 Å². The maximum Gasteiger partial charge on any atom is 0.416 e. The molecule has 1 aromatic rings. The molecule has 0 fully saturated rings. The zero-order valence-corrected chi connectivity index (χ0v) is 9.23. The number of aromatic nitrogens is 2. The molecule has 18 heavy (non-hydrogen) atoms. The van der Waals surface area contributed by atoms with Crippen LogP contribution in [0.25, 0.3) is 0 Å². The fraction of sp³-hybridized carbons (Fsp3) is 0.429. The van der Waals surface area contributed by atoms with Gasteiger partial charge in [0.05, 0.1) is 11.5 Å². The van der Waals surface area contributed by atoms with E-state index in [4.69, 9.17) is 16.7 Å². The van der Waals surface area contributed by atoms with Crippen LogP contribution in [0.4, 0.5) is 24.7 Å². The van der Waals surface area contributed by atoms with Gasteiger partial charge in [0.1, 0.15) is 6.33 Å². The van der Waals surface area contributed by atoms with Crippen molar-refractivity contribution in [3.8, 4) is 0 Å². The van der Waals surface area contributed by atoms with Crippen molar-refractivity contribution >= 4 is 23.1 Å². The minimum Gasteiger partial charge on any atom is -0.382 e. The summed E-state index contributed by atoms with van der Waals surface area (Å²) in [5.41, 5.74) is -0.756. The van der Waals surface area contributed by atoms with Crippen molar-refractivity contribution in [3.05, 3.63) is 21.6 Å². The number of hydrogen-bond donors (Lipinski definition) is 2. The topological polar surface area (TPSA) is 101 Å². The highest BCUT2D eigenvalue weighted by Crippen LogP contribution is 2.28. The van der Waals surface area contributed by atoms with E-state index in [0.29, 0.717) is 0 Å². The Balaban J connectivity index is 2.86. The van der Waals surface area contributed by atoms with Crippen molar-refractivity contribution in [3.63, 3.8) is 0 Å². The summed E-state index contributed by atoms with van der Waals surface area (Å²) < 4.78 is 36.0. The molecule has 2 N–H and O–H groups in total. The molecule has 1 unspecified atom stereocenters. The van der Waals surface area contributed by atoms with Crippen LogP contribution < -0.4 is 5.32 Å². The summed E-state index contributed by atoms with van der Waals surface area (Å²) in [6.07, 6.45) is -6.66. The zero-order chi connectivity index (χ0) is 13.9. The van der Waals surface area contributed by atoms with Crippen LogP contribution in [0.1, 0.15) is 0 Å². The van der Waals surface area contributed by atoms with Crippen molar-refractivity contribution in [2.75, 3.05) is 11.9 Å². The van der Waals surface area contributed by atoms with Gasteiger partial charge in [-0.05, 0) is 0 Å². The number of aliphatic hydroxyl groups is 1. The van der Waals surface area contributed by atoms with Crippen LogP contribution in [0.3, 0.4) is 0 Å². The SMILES string of the molecule is O=[N+]([O-])c1c(Cl)ncnc1NCC(O)C(F)(F)F. The molecule has 11 heteroatoms. The van der Waals surface area contributed by atoms with E-state index in [1.165, 1.54) is 0 Å². The van der Waals surface area contributed by atoms with Crippen LogP contribution in [0.15, 0.2) is 6.33 Å². The molecule has 0 aliphatic rings. The second-order valence-corrected chi connectivity index (χ2v) is 3.42. The van der Waals surface area contributed by atoms with Gasteiger partial charge in [0.15, 0.2) is 6.10 Å². The molecule has 0 aromatic carbocycles. The molecule has 0 saturated carbocycles. The van der Waals surface area contributed by atoms with Gasteiger partial charge in [0, 0.05) is 0 Å². The molecule has 1 heterocycles. The summed E-state index contributed by atoms with van der Waals surface area (Å²) in [5.74, 6) is -0.497. The van der Waals surface area contributed by atoms with E-state index in [-0.39, 0.29) is 0 Å². The first kappa shape index (κ1) is 14.4. The van der Waals surface area contributed by atoms with Crippen LogP contribution in [0, 0.1) is 10.1 Å². The number of halogens is 4. The van der Waals surface area contributed by atoms with E-state index in [2.05, 4.69) is 9.97 Å². The molecule has 1 aromatic heterocycles. The lowest BCUT2D eigenvalue weighted by atomic mass is 10.3. The minimum atomic E-state index is -4.83. The Kier molecular flexibility index (Phi) is 4.24. The lowest BCUT2D eigenvalue weighted by Gasteiger charge is -2.15. The van der Waals surface area contributed by atoms with Crippen LogP contribution >= 0.6 is 11.6 Å². The maximum atomic E-state index is 12.0. The minimum absolute atomic E-state index is 0.497. The average Bonchev–Trinajstić information content (AvgIpc) is 2.23. The third-order valence-corrected chi connectivity index (χ3v) is 2.08. The summed E-state index contributed by atoms with van der Waals surface area (Å²) >= 11 is 5.41. The third kappa shape index (κ3) is 3.40. The average molecular weight is 287 g/mol. The number of nitro groups is 1. The molecule has 100 valence electrons. The molecule has 7 nitrogen and oxygen atoms in total. The smallest absolute Gasteiger partial charge is 0.382 e. The number of hydrogen-bond acceptors (Lipinski definition) is 6. The van der Waals surface area contributed by atoms with Gasteiger partial charge in [0.25, 0.3) is 0 Å². The monoisotopic (exact) mass is 286 g/mol. The van der Waals surface area contributed by atoms with Gasteiger partial charge in [-0.15, -0.1) is 0 Å². The molecule has 0 saturated heterocycles. The van der Waals surface area contributed by atoms with Crippen molar-refractivity contribution in [2.45, 2.75) is 12.3 Å². The molecular formula is C7H6ClF3N4O3. The summed E-state index contributed by atoms with van der Waals surface area (Å²) in [6.45, 7) is -0.988. The fourth-order valence-electron chi connectivity index (χ4n) is 0.958. The Morgan fingerprint density at radius 3 is 2.67 bits per heavy atom. The molecule has 0 aliphatic carbocycles. The summed E-state index contributed by atoms with van der Waals surface area (Å²) in [6, 6.07) is 0. The number of nitrogens with one attached hydrogen (secondary N) is 1. The van der Waals surface area contributed by atoms with Gasteiger partial charge in [-0.2, -0.15) is 13.2 Å². The predicted molar refractivity (Wildman–Crippen MR) is 54.2 cm³/mol. The molecule has 0 radical (unpaired) electrons. The highest BCUT2D eigenvalue weighted by atomic mass is 35.5. The number of aliphatic hydroxyl groups excluding tert-OH is 1. The summed E-state index contributed by atoms with van der Waals surface area (Å²) in [7, 11) is 0. The Morgan fingerprint density at radius 1 is 1.56 bits per heavy atom. The van der Waals surface area contributed by atoms with E-state index in [0.717, 1.165) is 6.33 Å². The summed E-state index contributed by atoms with van der Waals surface area (Å²) in [5, 5.41) is 20.8. The second kappa shape index (κ2) is 5.31. The molecule has 0 bridgehead atoms. The first-order chi connectivity index (χ1) is 8.23. The number of anilines is 1. The number of nitrogens with zero attached hydrogens (tertiary/aromatic N) is 3. The molecule has 1 atom stereocenters. The Bertz CT molecular complexity index is 456. The lowest BCUT2D eigenvalue weighted by Crippen LogP contribution is -2.35. The van der Waals surface area contributed by atoms with Crippen LogP contribution in [-0.4, -0.2) is 38.8 Å². The maximum absolute atomic E-state index is 12.0. The number of rotatable bonds is 4. The van der Waals surface area contributed by atoms with Crippen molar-refractivity contribution in [2.24, 2.45) is 0 Å². The van der Waals surface area contributed by atoms with E-state index < -0.39 is 40.4 Å². The van der Waals surface area contributed by atoms with Crippen LogP contribution in [0.5, 0.6) is 0 Å². The summed E-state index contributed by atoms with van der Waals surface area (Å²) in [4.78, 5) is 16.4. The van der Waals surface area contributed by atoms with Crippen LogP contribution in [-0.2, 0) is 0 Å². The normalized spacial score (nSPS) is 13.2. The standard InChI is InChI=1S/C7H6ClF3N4O3/c8-5-4(15(17)18)6(14-2-13-5)12-1-3(16)7(9,10)11/h2-3,16H,1H2,(H,12,13,14). The first-order valence-corrected chi connectivity index (χ1v) is 4.74. The highest BCUT2D eigenvalue weighted by molar-refractivity contribution is 6.31. The Labute approximate surface area is 103 Å². The molecule has 0 aliphatic heterocycles. The first-order valence-electron chi connectivity index (χ1n) is 4.37. The van der Waals surface area contributed by atoms with E-state index in [9.17, 15) is 23.3 Å². The van der Waals surface area contributed by atoms with Gasteiger partial charge in [-0.25, -0.2) is 9.97 Å². The zero-order valence-electron chi connectivity index (χ0n) is 8.48. The van der Waals surface area contributed by atoms with E-state index in [1.54, 1.807) is 0 Å². The van der Waals surface area contributed by atoms with Gasteiger partial charge in [0.2, 0.25) is 11.0 Å². The van der Waals surface area contributed by atoms with E-state index >= 15 is 0 Å². The van der Waals surface area contributed by atoms with Gasteiger partial charge < -0.3 is 10.4 Å². The van der Waals surface area contributed by atoms with Gasteiger partial charge in [-0.1, -0.05) is 11.6 Å².